The summed E-state index contributed by atoms with van der Waals surface area (Å²) in [6, 6.07) is 42.7. The molecule has 8 aromatic carbocycles. The molecule has 0 saturated carbocycles. The van der Waals surface area contributed by atoms with E-state index in [9.17, 15) is 0 Å². The highest BCUT2D eigenvalue weighted by Crippen LogP contribution is 2.47. The number of aromatic amines is 1. The van der Waals surface area contributed by atoms with Gasteiger partial charge in [-0.15, -0.1) is 11.1 Å². The number of hydrogen-bond donors (Lipinski definition) is 1. The molecule has 1 heterocycles. The van der Waals surface area contributed by atoms with Gasteiger partial charge in [0.1, 0.15) is 27.6 Å². The Morgan fingerprint density at radius 1 is 0.329 bits per heavy atom. The molecule has 0 atom stereocenters. The summed E-state index contributed by atoms with van der Waals surface area (Å²) in [6.45, 7) is 28.8. The fourth-order valence-corrected chi connectivity index (χ4v) is 23.2. The lowest BCUT2D eigenvalue weighted by Gasteiger charge is -2.38. The lowest BCUT2D eigenvalue weighted by Crippen LogP contribution is -2.43. The van der Waals surface area contributed by atoms with Crippen molar-refractivity contribution in [3.63, 3.8) is 0 Å². The summed E-state index contributed by atoms with van der Waals surface area (Å²) in [5.41, 5.74) is 19.2. The minimum absolute atomic E-state index is 0.467. The van der Waals surface area contributed by atoms with Crippen LogP contribution in [0.4, 0.5) is 0 Å². The first-order chi connectivity index (χ1) is 35.1. The molecule has 366 valence electrons. The van der Waals surface area contributed by atoms with Gasteiger partial charge < -0.3 is 14.5 Å². The third-order valence-electron chi connectivity index (χ3n) is 16.3. The molecule has 9 rings (SSSR count). The van der Waals surface area contributed by atoms with E-state index in [1.807, 2.05) is 48.5 Å². The maximum absolute atomic E-state index is 5.51. The number of aromatic nitrogens is 1. The third kappa shape index (κ3) is 8.78. The summed E-state index contributed by atoms with van der Waals surface area (Å²) in [6.07, 6.45) is 0. The molecule has 0 aliphatic carbocycles. The predicted molar refractivity (Wildman–Crippen MR) is 320 cm³/mol. The molecule has 0 aliphatic heterocycles. The molecule has 0 fully saturated rings. The van der Waals surface area contributed by atoms with Crippen LogP contribution in [0.15, 0.2) is 121 Å². The Morgan fingerprint density at radius 2 is 0.644 bits per heavy atom. The van der Waals surface area contributed by atoms with Gasteiger partial charge in [0.05, 0.1) is 14.2 Å². The summed E-state index contributed by atoms with van der Waals surface area (Å²) >= 11 is 0. The molecule has 0 unspecified atom stereocenters. The van der Waals surface area contributed by atoms with E-state index < -0.39 is 16.1 Å². The Balaban J connectivity index is 1.53. The van der Waals surface area contributed by atoms with E-state index >= 15 is 0 Å². The summed E-state index contributed by atoms with van der Waals surface area (Å²) in [5.74, 6) is 24.4. The number of H-pyrrole nitrogens is 1. The van der Waals surface area contributed by atoms with E-state index in [1.54, 1.807) is 14.2 Å². The first-order valence-electron chi connectivity index (χ1n) is 26.3. The van der Waals surface area contributed by atoms with Crippen molar-refractivity contribution in [3.05, 3.63) is 155 Å². The molecule has 73 heavy (non-hydrogen) atoms. The standard InChI is InChI=1S/C68H69NO2Si2/c1-43(2)72(44(3)4,45(5)6)41-39-61-55-21-17-15-19-53(55)57(33-27-49-23-29-51(70-13)30-24-49)59-35-37-63-67(65(59)61)68-64(69-63)38-36-60-58(34-28-50-25-31-52(71-14)32-26-50)54-20-16-18-22-56(54)62(66(60)68)40-42-73(46(7)8,47(9)10)48(11)12/h15-26,29-32,35-38,43-48,69H,1-14H3. The number of ether oxygens (including phenoxy) is 2. The van der Waals surface area contributed by atoms with Crippen molar-refractivity contribution in [2.75, 3.05) is 14.2 Å². The van der Waals surface area contributed by atoms with E-state index in [-0.39, 0.29) is 0 Å². The molecule has 9 aromatic rings. The molecule has 3 nitrogen and oxygen atoms in total. The number of fused-ring (bicyclic) bond motifs is 9. The van der Waals surface area contributed by atoms with Crippen molar-refractivity contribution in [1.82, 2.24) is 4.98 Å². The quantitative estimate of drug-likeness (QED) is 0.0935. The molecule has 0 spiro atoms. The average Bonchev–Trinajstić information content (AvgIpc) is 3.77. The Morgan fingerprint density at radius 3 is 0.945 bits per heavy atom. The van der Waals surface area contributed by atoms with E-state index in [0.29, 0.717) is 33.2 Å². The maximum atomic E-state index is 5.51. The number of hydrogen-bond acceptors (Lipinski definition) is 2. The fourth-order valence-electron chi connectivity index (χ4n) is 12.8. The second kappa shape index (κ2) is 20.4. The largest absolute Gasteiger partial charge is 0.497 e. The van der Waals surface area contributed by atoms with Gasteiger partial charge >= 0.3 is 0 Å². The first-order valence-corrected chi connectivity index (χ1v) is 30.7. The van der Waals surface area contributed by atoms with Crippen molar-refractivity contribution >= 4 is 81.0 Å². The average molecular weight is 988 g/mol. The van der Waals surface area contributed by atoms with Crippen LogP contribution in [-0.4, -0.2) is 35.4 Å². The highest BCUT2D eigenvalue weighted by molar-refractivity contribution is 6.91. The van der Waals surface area contributed by atoms with E-state index in [1.165, 1.54) is 0 Å². The zero-order chi connectivity index (χ0) is 51.9. The molecule has 0 saturated heterocycles. The Hall–Kier alpha value is -7.13. The molecular weight excluding hydrogens is 919 g/mol. The van der Waals surface area contributed by atoms with Gasteiger partial charge in [-0.3, -0.25) is 0 Å². The molecule has 1 N–H and O–H groups in total. The zero-order valence-corrected chi connectivity index (χ0v) is 47.3. The minimum Gasteiger partial charge on any atom is -0.497 e. The van der Waals surface area contributed by atoms with Gasteiger partial charge in [0.15, 0.2) is 0 Å². The van der Waals surface area contributed by atoms with Crippen LogP contribution < -0.4 is 9.47 Å². The monoisotopic (exact) mass is 987 g/mol. The van der Waals surface area contributed by atoms with Crippen molar-refractivity contribution in [3.8, 4) is 58.1 Å². The summed E-state index contributed by atoms with van der Waals surface area (Å²) in [7, 11) is -1.02. The van der Waals surface area contributed by atoms with Crippen molar-refractivity contribution in [1.29, 1.82) is 0 Å². The SMILES string of the molecule is COc1ccc(C#Cc2c3ccccc3c(C#C[Si](C(C)C)(C(C)C)C(C)C)c3c2ccc2[nH]c4ccc5c(C#Cc6ccc(OC)cc6)c6ccccc6c(C#C[Si](C(C)C)(C(C)C)C(C)C)c5c4c23)cc1. The topological polar surface area (TPSA) is 34.2 Å². The number of methoxy groups -OCH3 is 2. The van der Waals surface area contributed by atoms with Crippen LogP contribution >= 0.6 is 0 Å². The van der Waals surface area contributed by atoms with Crippen LogP contribution in [0, 0.1) is 46.6 Å². The molecule has 5 heteroatoms. The predicted octanol–water partition coefficient (Wildman–Crippen LogP) is 17.9. The van der Waals surface area contributed by atoms with Gasteiger partial charge in [0.25, 0.3) is 0 Å². The van der Waals surface area contributed by atoms with Crippen LogP contribution in [-0.2, 0) is 0 Å². The fraction of sp³-hybridized carbons (Fsp3) is 0.294. The van der Waals surface area contributed by atoms with Gasteiger partial charge in [-0.2, -0.15) is 0 Å². The molecule has 0 radical (unpaired) electrons. The van der Waals surface area contributed by atoms with Crippen molar-refractivity contribution in [2.45, 2.75) is 116 Å². The van der Waals surface area contributed by atoms with Gasteiger partial charge in [-0.1, -0.05) is 179 Å². The van der Waals surface area contributed by atoms with E-state index in [0.717, 1.165) is 110 Å². The van der Waals surface area contributed by atoms with Crippen LogP contribution in [0.1, 0.15) is 116 Å². The summed E-state index contributed by atoms with van der Waals surface area (Å²) < 4.78 is 11.0. The second-order valence-corrected chi connectivity index (χ2v) is 32.9. The zero-order valence-electron chi connectivity index (χ0n) is 45.3. The molecular formula is C68H69NO2Si2. The number of nitrogens with one attached hydrogen (secondary N) is 1. The van der Waals surface area contributed by atoms with Gasteiger partial charge in [-0.05, 0) is 126 Å². The van der Waals surface area contributed by atoms with Crippen LogP contribution in [0.3, 0.4) is 0 Å². The minimum atomic E-state index is -2.20. The highest BCUT2D eigenvalue weighted by atomic mass is 28.3. The smallest absolute Gasteiger partial charge is 0.146 e. The van der Waals surface area contributed by atoms with Gasteiger partial charge in [0.2, 0.25) is 0 Å². The molecule has 0 amide bonds. The van der Waals surface area contributed by atoms with E-state index in [2.05, 4.69) is 207 Å². The molecule has 1 aromatic heterocycles. The maximum Gasteiger partial charge on any atom is 0.146 e. The Kier molecular flexibility index (Phi) is 14.2. The van der Waals surface area contributed by atoms with Crippen molar-refractivity contribution < 1.29 is 9.47 Å². The summed E-state index contributed by atoms with van der Waals surface area (Å²) in [5, 5.41) is 11.1. The highest BCUT2D eigenvalue weighted by Gasteiger charge is 2.43. The molecule has 0 bridgehead atoms. The lowest BCUT2D eigenvalue weighted by atomic mass is 9.86. The van der Waals surface area contributed by atoms with Crippen LogP contribution in [0.2, 0.25) is 33.2 Å². The first kappa shape index (κ1) is 50.8. The Labute approximate surface area is 436 Å². The van der Waals surface area contributed by atoms with Crippen molar-refractivity contribution in [2.24, 2.45) is 0 Å². The van der Waals surface area contributed by atoms with Crippen LogP contribution in [0.25, 0.3) is 64.9 Å². The van der Waals surface area contributed by atoms with Gasteiger partial charge in [0, 0.05) is 66.0 Å². The Bertz CT molecular complexity index is 3560. The third-order valence-corrected chi connectivity index (χ3v) is 28.9. The lowest BCUT2D eigenvalue weighted by molar-refractivity contribution is 0.414. The van der Waals surface area contributed by atoms with Gasteiger partial charge in [-0.25, -0.2) is 0 Å². The number of rotatable bonds is 8. The molecule has 0 aliphatic rings. The van der Waals surface area contributed by atoms with Crippen LogP contribution in [0.5, 0.6) is 11.5 Å². The number of benzene rings is 8. The second-order valence-electron chi connectivity index (χ2n) is 21.8. The summed E-state index contributed by atoms with van der Waals surface area (Å²) in [4.78, 5) is 3.97. The normalized spacial score (nSPS) is 12.0. The van der Waals surface area contributed by atoms with E-state index in [4.69, 9.17) is 9.47 Å².